The van der Waals surface area contributed by atoms with Gasteiger partial charge in [-0.1, -0.05) is 0 Å². The second-order valence-electron chi connectivity index (χ2n) is 3.43. The molecule has 0 fully saturated rings. The fourth-order valence-electron chi connectivity index (χ4n) is 1.30. The minimum atomic E-state index is -1.32. The van der Waals surface area contributed by atoms with Gasteiger partial charge in [-0.3, -0.25) is 10.1 Å². The van der Waals surface area contributed by atoms with E-state index in [1.807, 2.05) is 0 Å². The molecule has 0 bridgehead atoms. The SMILES string of the molecule is COC(=O)C(Nc1ccc([N+](=O)[O-])cc1)C(=O)OC. The van der Waals surface area contributed by atoms with Gasteiger partial charge in [0.15, 0.2) is 0 Å². The molecule has 0 aliphatic heterocycles. The predicted molar refractivity (Wildman–Crippen MR) is 64.5 cm³/mol. The summed E-state index contributed by atoms with van der Waals surface area (Å²) in [4.78, 5) is 32.7. The quantitative estimate of drug-likeness (QED) is 0.363. The third-order valence-corrected chi connectivity index (χ3v) is 2.26. The van der Waals surface area contributed by atoms with Crippen LogP contribution in [0.1, 0.15) is 0 Å². The number of hydrogen-bond acceptors (Lipinski definition) is 7. The topological polar surface area (TPSA) is 108 Å². The van der Waals surface area contributed by atoms with E-state index < -0.39 is 22.9 Å². The van der Waals surface area contributed by atoms with E-state index in [4.69, 9.17) is 0 Å². The highest BCUT2D eigenvalue weighted by Crippen LogP contribution is 2.16. The van der Waals surface area contributed by atoms with E-state index in [-0.39, 0.29) is 5.69 Å². The van der Waals surface area contributed by atoms with Gasteiger partial charge in [-0.2, -0.15) is 0 Å². The standard InChI is InChI=1S/C11H12N2O6/c1-18-10(14)9(11(15)19-2)12-7-3-5-8(6-4-7)13(16)17/h3-6,9,12H,1-2H3. The monoisotopic (exact) mass is 268 g/mol. The second-order valence-corrected chi connectivity index (χ2v) is 3.43. The Kier molecular flexibility index (Phi) is 4.81. The van der Waals surface area contributed by atoms with E-state index in [0.717, 1.165) is 14.2 Å². The number of anilines is 1. The minimum Gasteiger partial charge on any atom is -0.467 e. The Morgan fingerprint density at radius 2 is 1.63 bits per heavy atom. The van der Waals surface area contributed by atoms with Crippen LogP contribution in [0.5, 0.6) is 0 Å². The zero-order chi connectivity index (χ0) is 14.4. The number of rotatable bonds is 5. The molecule has 0 spiro atoms. The number of nitrogens with zero attached hydrogens (tertiary/aromatic N) is 1. The van der Waals surface area contributed by atoms with Gasteiger partial charge in [0.05, 0.1) is 19.1 Å². The van der Waals surface area contributed by atoms with Crippen LogP contribution in [-0.2, 0) is 19.1 Å². The molecule has 0 heterocycles. The maximum atomic E-state index is 11.4. The lowest BCUT2D eigenvalue weighted by Gasteiger charge is -2.15. The van der Waals surface area contributed by atoms with Crippen molar-refractivity contribution >= 4 is 23.3 Å². The van der Waals surface area contributed by atoms with Crippen molar-refractivity contribution in [3.63, 3.8) is 0 Å². The Balaban J connectivity index is 2.87. The van der Waals surface area contributed by atoms with Crippen LogP contribution >= 0.6 is 0 Å². The maximum absolute atomic E-state index is 11.4. The number of non-ortho nitro benzene ring substituents is 1. The molecule has 0 aliphatic carbocycles. The Hall–Kier alpha value is -2.64. The summed E-state index contributed by atoms with van der Waals surface area (Å²) in [5, 5.41) is 13.1. The van der Waals surface area contributed by atoms with Crippen molar-refractivity contribution in [1.82, 2.24) is 0 Å². The first-order chi connectivity index (χ1) is 8.99. The molecule has 8 heteroatoms. The summed E-state index contributed by atoms with van der Waals surface area (Å²) in [5.41, 5.74) is 0.254. The van der Waals surface area contributed by atoms with Crippen LogP contribution in [0.25, 0.3) is 0 Å². The zero-order valence-corrected chi connectivity index (χ0v) is 10.3. The molecule has 0 radical (unpaired) electrons. The van der Waals surface area contributed by atoms with Gasteiger partial charge in [-0.25, -0.2) is 9.59 Å². The highest BCUT2D eigenvalue weighted by Gasteiger charge is 2.28. The highest BCUT2D eigenvalue weighted by atomic mass is 16.6. The molecule has 19 heavy (non-hydrogen) atoms. The van der Waals surface area contributed by atoms with Crippen molar-refractivity contribution in [2.45, 2.75) is 6.04 Å². The first-order valence-electron chi connectivity index (χ1n) is 5.16. The number of ether oxygens (including phenoxy) is 2. The van der Waals surface area contributed by atoms with Gasteiger partial charge in [0.2, 0.25) is 6.04 Å². The Morgan fingerprint density at radius 3 is 2.00 bits per heavy atom. The van der Waals surface area contributed by atoms with E-state index in [0.29, 0.717) is 5.69 Å². The molecular formula is C11H12N2O6. The van der Waals surface area contributed by atoms with Crippen LogP contribution in [0.3, 0.4) is 0 Å². The van der Waals surface area contributed by atoms with Gasteiger partial charge in [-0.15, -0.1) is 0 Å². The normalized spacial score (nSPS) is 9.84. The van der Waals surface area contributed by atoms with Gasteiger partial charge in [0.1, 0.15) is 0 Å². The van der Waals surface area contributed by atoms with Crippen molar-refractivity contribution in [2.24, 2.45) is 0 Å². The van der Waals surface area contributed by atoms with Crippen LogP contribution in [0, 0.1) is 10.1 Å². The molecule has 0 aliphatic rings. The number of methoxy groups -OCH3 is 2. The molecule has 0 amide bonds. The maximum Gasteiger partial charge on any atom is 0.340 e. The van der Waals surface area contributed by atoms with Gasteiger partial charge in [0, 0.05) is 17.8 Å². The minimum absolute atomic E-state index is 0.0989. The fraction of sp³-hybridized carbons (Fsp3) is 0.273. The summed E-state index contributed by atoms with van der Waals surface area (Å²) in [6.07, 6.45) is 0. The number of benzene rings is 1. The van der Waals surface area contributed by atoms with Gasteiger partial charge < -0.3 is 14.8 Å². The van der Waals surface area contributed by atoms with Crippen LogP contribution in [0.2, 0.25) is 0 Å². The lowest BCUT2D eigenvalue weighted by atomic mass is 10.2. The highest BCUT2D eigenvalue weighted by molar-refractivity contribution is 6.01. The Labute approximate surface area is 108 Å². The van der Waals surface area contributed by atoms with Crippen molar-refractivity contribution in [2.75, 3.05) is 19.5 Å². The van der Waals surface area contributed by atoms with E-state index in [9.17, 15) is 19.7 Å². The van der Waals surface area contributed by atoms with Crippen molar-refractivity contribution in [1.29, 1.82) is 0 Å². The van der Waals surface area contributed by atoms with Crippen LogP contribution in [-0.4, -0.2) is 37.1 Å². The Bertz CT molecular complexity index is 468. The molecule has 0 saturated heterocycles. The predicted octanol–water partition coefficient (Wildman–Crippen LogP) is 0.721. The number of carbonyl (C=O) groups is 2. The van der Waals surface area contributed by atoms with Gasteiger partial charge >= 0.3 is 11.9 Å². The zero-order valence-electron chi connectivity index (χ0n) is 10.3. The summed E-state index contributed by atoms with van der Waals surface area (Å²) in [5.74, 6) is -1.63. The molecule has 1 rings (SSSR count). The molecule has 0 atom stereocenters. The Morgan fingerprint density at radius 1 is 1.16 bits per heavy atom. The van der Waals surface area contributed by atoms with Crippen LogP contribution < -0.4 is 5.32 Å². The van der Waals surface area contributed by atoms with Gasteiger partial charge in [0.25, 0.3) is 5.69 Å². The average molecular weight is 268 g/mol. The first kappa shape index (κ1) is 14.4. The van der Waals surface area contributed by atoms with E-state index in [1.165, 1.54) is 24.3 Å². The van der Waals surface area contributed by atoms with Crippen molar-refractivity contribution < 1.29 is 24.0 Å². The summed E-state index contributed by atoms with van der Waals surface area (Å²) in [7, 11) is 2.27. The summed E-state index contributed by atoms with van der Waals surface area (Å²) < 4.78 is 8.92. The molecule has 0 aromatic heterocycles. The lowest BCUT2D eigenvalue weighted by molar-refractivity contribution is -0.384. The van der Waals surface area contributed by atoms with Gasteiger partial charge in [-0.05, 0) is 12.1 Å². The second kappa shape index (κ2) is 6.34. The number of hydrogen-bond donors (Lipinski definition) is 1. The number of nitro benzene ring substituents is 1. The molecule has 1 N–H and O–H groups in total. The molecule has 1 aromatic carbocycles. The lowest BCUT2D eigenvalue weighted by Crippen LogP contribution is -2.39. The smallest absolute Gasteiger partial charge is 0.340 e. The number of nitro groups is 1. The molecular weight excluding hydrogens is 256 g/mol. The first-order valence-corrected chi connectivity index (χ1v) is 5.16. The number of carbonyl (C=O) groups excluding carboxylic acids is 2. The van der Waals surface area contributed by atoms with Crippen LogP contribution in [0.4, 0.5) is 11.4 Å². The van der Waals surface area contributed by atoms with Crippen LogP contribution in [0.15, 0.2) is 24.3 Å². The number of nitrogens with one attached hydrogen (secondary N) is 1. The van der Waals surface area contributed by atoms with E-state index >= 15 is 0 Å². The third kappa shape index (κ3) is 3.66. The molecule has 8 nitrogen and oxygen atoms in total. The van der Waals surface area contributed by atoms with Crippen molar-refractivity contribution in [3.05, 3.63) is 34.4 Å². The summed E-state index contributed by atoms with van der Waals surface area (Å²) in [6.45, 7) is 0. The van der Waals surface area contributed by atoms with E-state index in [1.54, 1.807) is 0 Å². The molecule has 0 saturated carbocycles. The fourth-order valence-corrected chi connectivity index (χ4v) is 1.30. The van der Waals surface area contributed by atoms with E-state index in [2.05, 4.69) is 14.8 Å². The number of esters is 2. The van der Waals surface area contributed by atoms with Crippen molar-refractivity contribution in [3.8, 4) is 0 Å². The largest absolute Gasteiger partial charge is 0.467 e. The summed E-state index contributed by atoms with van der Waals surface area (Å²) >= 11 is 0. The molecule has 102 valence electrons. The molecule has 0 unspecified atom stereocenters. The molecule has 1 aromatic rings. The summed E-state index contributed by atoms with van der Waals surface area (Å²) in [6, 6.07) is 3.91. The third-order valence-electron chi connectivity index (χ3n) is 2.26. The average Bonchev–Trinajstić information content (AvgIpc) is 2.43.